The number of piperazine rings is 1. The fraction of sp³-hybridized carbons (Fsp3) is 0.400. The normalized spacial score (nSPS) is 15.0. The summed E-state index contributed by atoms with van der Waals surface area (Å²) in [6.07, 6.45) is -2.42. The quantitative estimate of drug-likeness (QED) is 0.437. The number of ether oxygens (including phenoxy) is 1. The highest BCUT2D eigenvalue weighted by Crippen LogP contribution is 2.38. The Morgan fingerprint density at radius 1 is 1.06 bits per heavy atom. The molecule has 1 fully saturated rings. The van der Waals surface area contributed by atoms with E-state index in [4.69, 9.17) is 4.74 Å². The van der Waals surface area contributed by atoms with Crippen molar-refractivity contribution in [2.24, 2.45) is 0 Å². The number of carbonyl (C=O) groups excluding carboxylic acids is 1. The zero-order valence-corrected chi connectivity index (χ0v) is 19.8. The maximum absolute atomic E-state index is 13.0. The van der Waals surface area contributed by atoms with Gasteiger partial charge in [0.05, 0.1) is 18.4 Å². The Kier molecular flexibility index (Phi) is 7.63. The summed E-state index contributed by atoms with van der Waals surface area (Å²) in [7, 11) is 1.59. The second-order valence-electron chi connectivity index (χ2n) is 8.35. The van der Waals surface area contributed by atoms with E-state index < -0.39 is 11.7 Å². The molecule has 5 nitrogen and oxygen atoms in total. The molecule has 1 aromatic heterocycles. The number of thiophene rings is 1. The van der Waals surface area contributed by atoms with Crippen LogP contribution in [0.15, 0.2) is 47.8 Å². The van der Waals surface area contributed by atoms with Crippen LogP contribution in [0.1, 0.15) is 28.8 Å². The van der Waals surface area contributed by atoms with Gasteiger partial charge in [0.2, 0.25) is 0 Å². The smallest absolute Gasteiger partial charge is 0.416 e. The molecule has 0 radical (unpaired) electrons. The molecule has 2 heterocycles. The highest BCUT2D eigenvalue weighted by molar-refractivity contribution is 7.17. The predicted molar refractivity (Wildman–Crippen MR) is 130 cm³/mol. The lowest BCUT2D eigenvalue weighted by atomic mass is 10.1. The molecule has 3 aromatic rings. The Labute approximate surface area is 201 Å². The molecule has 0 unspecified atom stereocenters. The minimum atomic E-state index is -4.32. The van der Waals surface area contributed by atoms with E-state index in [1.165, 1.54) is 23.5 Å². The Balaban J connectivity index is 1.18. The van der Waals surface area contributed by atoms with Crippen LogP contribution in [0, 0.1) is 0 Å². The van der Waals surface area contributed by atoms with Crippen LogP contribution in [0.4, 0.5) is 18.9 Å². The van der Waals surface area contributed by atoms with Gasteiger partial charge in [-0.2, -0.15) is 13.2 Å². The van der Waals surface area contributed by atoms with Gasteiger partial charge in [-0.3, -0.25) is 9.69 Å². The number of methoxy groups -OCH3 is 1. The van der Waals surface area contributed by atoms with Gasteiger partial charge >= 0.3 is 6.18 Å². The molecule has 0 bridgehead atoms. The Hall–Kier alpha value is -2.78. The van der Waals surface area contributed by atoms with Crippen LogP contribution in [0.2, 0.25) is 0 Å². The van der Waals surface area contributed by atoms with Gasteiger partial charge in [-0.1, -0.05) is 6.07 Å². The van der Waals surface area contributed by atoms with E-state index in [0.29, 0.717) is 16.8 Å². The SMILES string of the molecule is COc1ccc(C(=O)NCCCCN2CCN(c3csc4cc(C(F)(F)F)ccc34)CC2)cc1. The Morgan fingerprint density at radius 2 is 1.79 bits per heavy atom. The summed E-state index contributed by atoms with van der Waals surface area (Å²) in [4.78, 5) is 16.9. The van der Waals surface area contributed by atoms with Crippen LogP contribution >= 0.6 is 11.3 Å². The van der Waals surface area contributed by atoms with Crippen molar-refractivity contribution in [2.45, 2.75) is 19.0 Å². The first-order valence-corrected chi connectivity index (χ1v) is 12.2. The van der Waals surface area contributed by atoms with E-state index in [-0.39, 0.29) is 5.91 Å². The summed E-state index contributed by atoms with van der Waals surface area (Å²) < 4.78 is 44.7. The molecule has 34 heavy (non-hydrogen) atoms. The minimum absolute atomic E-state index is 0.0818. The van der Waals surface area contributed by atoms with Crippen molar-refractivity contribution in [3.63, 3.8) is 0 Å². The number of nitrogens with zero attached hydrogens (tertiary/aromatic N) is 2. The topological polar surface area (TPSA) is 44.8 Å². The molecule has 0 spiro atoms. The number of halogens is 3. The number of nitrogens with one attached hydrogen (secondary N) is 1. The second kappa shape index (κ2) is 10.7. The number of anilines is 1. The average Bonchev–Trinajstić information content (AvgIpc) is 3.27. The third-order valence-electron chi connectivity index (χ3n) is 6.13. The van der Waals surface area contributed by atoms with E-state index in [9.17, 15) is 18.0 Å². The van der Waals surface area contributed by atoms with Gasteiger partial charge in [0.15, 0.2) is 0 Å². The van der Waals surface area contributed by atoms with Gasteiger partial charge in [0.25, 0.3) is 5.91 Å². The maximum atomic E-state index is 13.0. The number of carbonyl (C=O) groups is 1. The number of unbranched alkanes of at least 4 members (excludes halogenated alkanes) is 1. The summed E-state index contributed by atoms with van der Waals surface area (Å²) >= 11 is 1.36. The van der Waals surface area contributed by atoms with Crippen molar-refractivity contribution in [1.29, 1.82) is 0 Å². The summed E-state index contributed by atoms with van der Waals surface area (Å²) in [5.41, 5.74) is 1.04. The maximum Gasteiger partial charge on any atom is 0.416 e. The molecule has 1 amide bonds. The predicted octanol–water partition coefficient (Wildman–Crippen LogP) is 5.26. The van der Waals surface area contributed by atoms with Crippen molar-refractivity contribution in [2.75, 3.05) is 51.3 Å². The Morgan fingerprint density at radius 3 is 2.47 bits per heavy atom. The van der Waals surface area contributed by atoms with Crippen molar-refractivity contribution in [1.82, 2.24) is 10.2 Å². The number of amides is 1. The molecule has 9 heteroatoms. The molecule has 1 N–H and O–H groups in total. The molecule has 0 aliphatic carbocycles. The Bertz CT molecular complexity index is 1110. The van der Waals surface area contributed by atoms with Crippen LogP contribution in [-0.4, -0.2) is 57.2 Å². The molecule has 0 atom stereocenters. The van der Waals surface area contributed by atoms with E-state index in [2.05, 4.69) is 15.1 Å². The number of fused-ring (bicyclic) bond motifs is 1. The summed E-state index contributed by atoms with van der Waals surface area (Å²) in [5, 5.41) is 5.81. The van der Waals surface area contributed by atoms with E-state index in [0.717, 1.165) is 62.4 Å². The molecular formula is C25H28F3N3O2S. The molecule has 2 aromatic carbocycles. The summed E-state index contributed by atoms with van der Waals surface area (Å²) in [6, 6.07) is 11.0. The van der Waals surface area contributed by atoms with E-state index >= 15 is 0 Å². The minimum Gasteiger partial charge on any atom is -0.497 e. The zero-order valence-electron chi connectivity index (χ0n) is 19.0. The van der Waals surface area contributed by atoms with Crippen LogP contribution in [0.3, 0.4) is 0 Å². The van der Waals surface area contributed by atoms with Gasteiger partial charge in [-0.25, -0.2) is 0 Å². The van der Waals surface area contributed by atoms with Crippen molar-refractivity contribution >= 4 is 33.0 Å². The fourth-order valence-electron chi connectivity index (χ4n) is 4.15. The monoisotopic (exact) mass is 491 g/mol. The molecule has 1 aliphatic rings. The molecule has 4 rings (SSSR count). The van der Waals surface area contributed by atoms with Gasteiger partial charge in [-0.05, 0) is 55.8 Å². The van der Waals surface area contributed by atoms with Crippen molar-refractivity contribution < 1.29 is 22.7 Å². The third-order valence-corrected chi connectivity index (χ3v) is 7.07. The van der Waals surface area contributed by atoms with Crippen molar-refractivity contribution in [3.05, 3.63) is 59.0 Å². The number of rotatable bonds is 8. The first-order valence-electron chi connectivity index (χ1n) is 11.3. The van der Waals surface area contributed by atoms with Crippen LogP contribution < -0.4 is 15.0 Å². The number of hydrogen-bond acceptors (Lipinski definition) is 5. The lowest BCUT2D eigenvalue weighted by Crippen LogP contribution is -2.46. The van der Waals surface area contributed by atoms with E-state index in [1.807, 2.05) is 5.38 Å². The average molecular weight is 492 g/mol. The van der Waals surface area contributed by atoms with E-state index in [1.54, 1.807) is 37.4 Å². The standard InChI is InChI=1S/C25H28F3N3O2S/c1-33-20-7-4-18(5-8-20)24(32)29-10-2-3-11-30-12-14-31(15-13-30)22-17-34-23-16-19(25(26,27)28)6-9-21(22)23/h4-9,16-17H,2-3,10-15H2,1H3,(H,29,32). The van der Waals surface area contributed by atoms with Crippen molar-refractivity contribution in [3.8, 4) is 5.75 Å². The van der Waals surface area contributed by atoms with Crippen LogP contribution in [0.5, 0.6) is 5.75 Å². The van der Waals surface area contributed by atoms with Crippen LogP contribution in [0.25, 0.3) is 10.1 Å². The number of benzene rings is 2. The van der Waals surface area contributed by atoms with Gasteiger partial charge in [-0.15, -0.1) is 11.3 Å². The highest BCUT2D eigenvalue weighted by atomic mass is 32.1. The zero-order chi connectivity index (χ0) is 24.1. The molecule has 0 saturated carbocycles. The molecular weight excluding hydrogens is 463 g/mol. The lowest BCUT2D eigenvalue weighted by Gasteiger charge is -2.36. The summed E-state index contributed by atoms with van der Waals surface area (Å²) in [5.74, 6) is 0.640. The highest BCUT2D eigenvalue weighted by Gasteiger charge is 2.31. The van der Waals surface area contributed by atoms with Gasteiger partial charge in [0, 0.05) is 53.8 Å². The first-order chi connectivity index (χ1) is 16.3. The third kappa shape index (κ3) is 5.82. The van der Waals surface area contributed by atoms with Gasteiger partial charge in [0.1, 0.15) is 5.75 Å². The van der Waals surface area contributed by atoms with Gasteiger partial charge < -0.3 is 15.0 Å². The summed E-state index contributed by atoms with van der Waals surface area (Å²) in [6.45, 7) is 5.12. The van der Waals surface area contributed by atoms with Crippen LogP contribution in [-0.2, 0) is 6.18 Å². The second-order valence-corrected chi connectivity index (χ2v) is 9.26. The molecule has 182 valence electrons. The number of alkyl halides is 3. The molecule has 1 saturated heterocycles. The first kappa shape index (κ1) is 24.3. The lowest BCUT2D eigenvalue weighted by molar-refractivity contribution is -0.137. The molecule has 1 aliphatic heterocycles. The fourth-order valence-corrected chi connectivity index (χ4v) is 5.16. The largest absolute Gasteiger partial charge is 0.497 e. The number of hydrogen-bond donors (Lipinski definition) is 1.